The predicted octanol–water partition coefficient (Wildman–Crippen LogP) is 5.55. The predicted molar refractivity (Wildman–Crippen MR) is 103 cm³/mol. The maximum absolute atomic E-state index is 15.0. The van der Waals surface area contributed by atoms with Crippen molar-refractivity contribution in [2.45, 2.75) is 70.4 Å². The fraction of sp³-hybridized carbons (Fsp3) is 0.524. The molecule has 2 N–H and O–H groups in total. The summed E-state index contributed by atoms with van der Waals surface area (Å²) >= 11 is 1.70. The molecule has 0 saturated heterocycles. The Balaban J connectivity index is 1.97. The van der Waals surface area contributed by atoms with Crippen molar-refractivity contribution in [1.29, 1.82) is 0 Å². The normalized spacial score (nSPS) is 29.9. The molecule has 4 heteroatoms. The highest BCUT2D eigenvalue weighted by molar-refractivity contribution is 7.12. The first-order valence-electron chi connectivity index (χ1n) is 9.01. The molecule has 2 heterocycles. The molecular weight excluding hydrogens is 333 g/mol. The van der Waals surface area contributed by atoms with Crippen LogP contribution >= 0.6 is 11.3 Å². The number of aryl methyl sites for hydroxylation is 2. The summed E-state index contributed by atoms with van der Waals surface area (Å²) in [4.78, 5) is 2.32. The van der Waals surface area contributed by atoms with Crippen molar-refractivity contribution in [2.75, 3.05) is 5.32 Å². The Hall–Kier alpha value is -1.39. The molecule has 0 amide bonds. The summed E-state index contributed by atoms with van der Waals surface area (Å²) in [5.41, 5.74) is 1.81. The second kappa shape index (κ2) is 5.08. The van der Waals surface area contributed by atoms with E-state index in [4.69, 9.17) is 0 Å². The van der Waals surface area contributed by atoms with Gasteiger partial charge in [0.05, 0.1) is 11.1 Å². The zero-order valence-corrected chi connectivity index (χ0v) is 16.4. The van der Waals surface area contributed by atoms with Crippen LogP contribution in [0.2, 0.25) is 0 Å². The molecule has 0 bridgehead atoms. The van der Waals surface area contributed by atoms with E-state index in [-0.39, 0.29) is 11.2 Å². The molecule has 1 saturated carbocycles. The highest BCUT2D eigenvalue weighted by Crippen LogP contribution is 2.59. The minimum atomic E-state index is -0.832. The van der Waals surface area contributed by atoms with Gasteiger partial charge in [-0.05, 0) is 76.3 Å². The van der Waals surface area contributed by atoms with Gasteiger partial charge in [0.15, 0.2) is 0 Å². The summed E-state index contributed by atoms with van der Waals surface area (Å²) in [6.07, 6.45) is 2.68. The lowest BCUT2D eigenvalue weighted by atomic mass is 9.60. The van der Waals surface area contributed by atoms with Gasteiger partial charge in [0.1, 0.15) is 5.82 Å². The van der Waals surface area contributed by atoms with Gasteiger partial charge in [0.25, 0.3) is 0 Å². The van der Waals surface area contributed by atoms with Gasteiger partial charge in [-0.3, -0.25) is 0 Å². The lowest BCUT2D eigenvalue weighted by Gasteiger charge is -2.55. The Morgan fingerprint density at radius 3 is 2.44 bits per heavy atom. The highest BCUT2D eigenvalue weighted by Gasteiger charge is 2.62. The van der Waals surface area contributed by atoms with Gasteiger partial charge >= 0.3 is 0 Å². The SMILES string of the molecule is Cc1cc(-c2cc3c(cc2F)NC(C)(C)C2(O)CCCC32C)c(C)s1. The number of anilines is 1. The van der Waals surface area contributed by atoms with Crippen LogP contribution in [-0.2, 0) is 5.41 Å². The quantitative estimate of drug-likeness (QED) is 0.700. The molecule has 1 aliphatic heterocycles. The van der Waals surface area contributed by atoms with Gasteiger partial charge < -0.3 is 10.4 Å². The number of fused-ring (bicyclic) bond motifs is 3. The second-order valence-corrected chi connectivity index (χ2v) is 9.96. The van der Waals surface area contributed by atoms with Crippen molar-refractivity contribution in [2.24, 2.45) is 0 Å². The number of nitrogens with one attached hydrogen (secondary N) is 1. The summed E-state index contributed by atoms with van der Waals surface area (Å²) in [6.45, 7) is 10.3. The first-order valence-corrected chi connectivity index (χ1v) is 9.83. The van der Waals surface area contributed by atoms with Crippen LogP contribution in [0.4, 0.5) is 10.1 Å². The Bertz CT molecular complexity index is 871. The first-order chi connectivity index (χ1) is 11.6. The van der Waals surface area contributed by atoms with Crippen LogP contribution in [0.5, 0.6) is 0 Å². The molecule has 0 spiro atoms. The van der Waals surface area contributed by atoms with E-state index in [2.05, 4.69) is 25.2 Å². The molecule has 2 unspecified atom stereocenters. The molecule has 2 aromatic rings. The van der Waals surface area contributed by atoms with Crippen LogP contribution in [0.25, 0.3) is 11.1 Å². The third-order valence-electron chi connectivity index (χ3n) is 6.64. The molecule has 1 aromatic carbocycles. The number of halogens is 1. The molecule has 1 fully saturated rings. The van der Waals surface area contributed by atoms with Crippen LogP contribution in [0.3, 0.4) is 0 Å². The maximum Gasteiger partial charge on any atom is 0.133 e. The smallest absolute Gasteiger partial charge is 0.133 e. The minimum absolute atomic E-state index is 0.199. The average molecular weight is 360 g/mol. The van der Waals surface area contributed by atoms with Crippen LogP contribution in [-0.4, -0.2) is 16.2 Å². The van der Waals surface area contributed by atoms with Crippen LogP contribution in [0, 0.1) is 19.7 Å². The molecule has 2 atom stereocenters. The number of hydrogen-bond donors (Lipinski definition) is 2. The van der Waals surface area contributed by atoms with Crippen molar-refractivity contribution >= 4 is 17.0 Å². The van der Waals surface area contributed by atoms with Crippen LogP contribution in [0.15, 0.2) is 18.2 Å². The average Bonchev–Trinajstić information content (AvgIpc) is 3.00. The van der Waals surface area contributed by atoms with Gasteiger partial charge in [-0.15, -0.1) is 11.3 Å². The lowest BCUT2D eigenvalue weighted by Crippen LogP contribution is -2.65. The zero-order valence-electron chi connectivity index (χ0n) is 15.6. The van der Waals surface area contributed by atoms with Gasteiger partial charge in [-0.2, -0.15) is 0 Å². The van der Waals surface area contributed by atoms with Gasteiger partial charge in [0, 0.05) is 26.4 Å². The van der Waals surface area contributed by atoms with E-state index in [0.717, 1.165) is 41.0 Å². The third-order valence-corrected chi connectivity index (χ3v) is 7.61. The number of aliphatic hydroxyl groups is 1. The van der Waals surface area contributed by atoms with Crippen molar-refractivity contribution < 1.29 is 9.50 Å². The van der Waals surface area contributed by atoms with Crippen molar-refractivity contribution in [3.8, 4) is 11.1 Å². The van der Waals surface area contributed by atoms with Gasteiger partial charge in [-0.1, -0.05) is 6.92 Å². The van der Waals surface area contributed by atoms with Gasteiger partial charge in [0.2, 0.25) is 0 Å². The maximum atomic E-state index is 15.0. The highest BCUT2D eigenvalue weighted by atomic mass is 32.1. The number of benzene rings is 1. The third kappa shape index (κ3) is 2.10. The van der Waals surface area contributed by atoms with E-state index < -0.39 is 11.1 Å². The number of thiophene rings is 1. The Kier molecular flexibility index (Phi) is 3.46. The molecule has 1 aromatic heterocycles. The second-order valence-electron chi connectivity index (χ2n) is 8.50. The summed E-state index contributed by atoms with van der Waals surface area (Å²) in [5, 5.41) is 15.0. The Morgan fingerprint density at radius 1 is 1.08 bits per heavy atom. The summed E-state index contributed by atoms with van der Waals surface area (Å²) in [7, 11) is 0. The molecule has 2 aliphatic rings. The molecule has 2 nitrogen and oxygen atoms in total. The van der Waals surface area contributed by atoms with E-state index in [1.54, 1.807) is 17.4 Å². The topological polar surface area (TPSA) is 32.3 Å². The summed E-state index contributed by atoms with van der Waals surface area (Å²) in [6, 6.07) is 5.67. The number of hydrogen-bond acceptors (Lipinski definition) is 3. The van der Waals surface area contributed by atoms with E-state index in [9.17, 15) is 9.50 Å². The fourth-order valence-electron chi connectivity index (χ4n) is 5.22. The molecule has 4 rings (SSSR count). The largest absolute Gasteiger partial charge is 0.387 e. The summed E-state index contributed by atoms with van der Waals surface area (Å²) < 4.78 is 15.0. The lowest BCUT2D eigenvalue weighted by molar-refractivity contribution is -0.0628. The van der Waals surface area contributed by atoms with Crippen molar-refractivity contribution in [3.63, 3.8) is 0 Å². The van der Waals surface area contributed by atoms with Crippen LogP contribution < -0.4 is 5.32 Å². The Morgan fingerprint density at radius 2 is 1.80 bits per heavy atom. The first kappa shape index (κ1) is 17.0. The molecule has 134 valence electrons. The van der Waals surface area contributed by atoms with E-state index >= 15 is 0 Å². The van der Waals surface area contributed by atoms with Gasteiger partial charge in [-0.25, -0.2) is 4.39 Å². The van der Waals surface area contributed by atoms with E-state index in [1.165, 1.54) is 4.88 Å². The number of rotatable bonds is 1. The van der Waals surface area contributed by atoms with E-state index in [1.807, 2.05) is 26.8 Å². The zero-order chi connectivity index (χ0) is 18.2. The monoisotopic (exact) mass is 359 g/mol. The van der Waals surface area contributed by atoms with Crippen molar-refractivity contribution in [3.05, 3.63) is 39.3 Å². The molecule has 25 heavy (non-hydrogen) atoms. The molecular formula is C21H26FNOS. The summed E-state index contributed by atoms with van der Waals surface area (Å²) in [5.74, 6) is -0.199. The fourth-order valence-corrected chi connectivity index (χ4v) is 6.16. The van der Waals surface area contributed by atoms with E-state index in [0.29, 0.717) is 5.56 Å². The molecule has 0 radical (unpaired) electrons. The minimum Gasteiger partial charge on any atom is -0.387 e. The Labute approximate surface area is 153 Å². The van der Waals surface area contributed by atoms with Crippen molar-refractivity contribution in [1.82, 2.24) is 0 Å². The standard InChI is InChI=1S/C21H26FNOS/c1-12-9-14(13(2)25-12)15-10-16-18(11-17(15)22)23-19(3,4)21(24)8-6-7-20(16,21)5/h9-11,23-24H,6-8H2,1-5H3. The molecule has 1 aliphatic carbocycles. The van der Waals surface area contributed by atoms with Crippen LogP contribution in [0.1, 0.15) is 55.4 Å².